The lowest BCUT2D eigenvalue weighted by Crippen LogP contribution is -2.13. The molecule has 1 aromatic carbocycles. The van der Waals surface area contributed by atoms with Gasteiger partial charge in [0.2, 0.25) is 0 Å². The van der Waals surface area contributed by atoms with Gasteiger partial charge in [0, 0.05) is 18.5 Å². The largest absolute Gasteiger partial charge is 0.462 e. The summed E-state index contributed by atoms with van der Waals surface area (Å²) < 4.78 is 40.5. The Morgan fingerprint density at radius 1 is 1.43 bits per heavy atom. The summed E-state index contributed by atoms with van der Waals surface area (Å²) in [7, 11) is -3.05. The van der Waals surface area contributed by atoms with Crippen molar-refractivity contribution in [1.29, 1.82) is 0 Å². The third-order valence-electron chi connectivity index (χ3n) is 2.64. The Morgan fingerprint density at radius 3 is 2.67 bits per heavy atom. The summed E-state index contributed by atoms with van der Waals surface area (Å²) in [5, 5.41) is 2.75. The average molecular weight is 318 g/mol. The molecule has 0 amide bonds. The smallest absolute Gasteiger partial charge is 0.340 e. The van der Waals surface area contributed by atoms with Gasteiger partial charge in [-0.25, -0.2) is 17.6 Å². The van der Waals surface area contributed by atoms with Crippen molar-refractivity contribution >= 4 is 27.2 Å². The number of halogens is 1. The van der Waals surface area contributed by atoms with E-state index in [2.05, 4.69) is 5.32 Å². The highest BCUT2D eigenvalue weighted by atomic mass is 32.2. The summed E-state index contributed by atoms with van der Waals surface area (Å²) in [4.78, 5) is 11.7. The molecular weight excluding hydrogens is 299 g/mol. The second kappa shape index (κ2) is 7.26. The molecule has 0 aliphatic rings. The first-order valence-corrected chi connectivity index (χ1v) is 8.48. The van der Waals surface area contributed by atoms with Crippen LogP contribution in [0.25, 0.3) is 0 Å². The fourth-order valence-electron chi connectivity index (χ4n) is 1.67. The molecule has 0 aromatic heterocycles. The van der Waals surface area contributed by atoms with E-state index in [1.54, 1.807) is 6.92 Å². The van der Waals surface area contributed by atoms with Crippen LogP contribution in [0.1, 0.15) is 23.7 Å². The highest BCUT2D eigenvalue weighted by Gasteiger charge is 2.15. The minimum Gasteiger partial charge on any atom is -0.462 e. The lowest BCUT2D eigenvalue weighted by Gasteiger charge is -2.11. The van der Waals surface area contributed by atoms with Crippen molar-refractivity contribution in [2.45, 2.75) is 13.3 Å². The van der Waals surface area contributed by atoms with E-state index >= 15 is 0 Å². The standard InChI is InChI=1S/C13H19FN2O4S/c1-3-20-13(17)9-7-12(10(14)8-11(9)15)16-5-4-6-21(2,18)19/h7-8,16H,3-6,15H2,1-2H3. The van der Waals surface area contributed by atoms with Crippen LogP contribution in [0.3, 0.4) is 0 Å². The lowest BCUT2D eigenvalue weighted by molar-refractivity contribution is 0.0527. The minimum atomic E-state index is -3.05. The van der Waals surface area contributed by atoms with Crippen LogP contribution in [0, 0.1) is 5.82 Å². The normalized spacial score (nSPS) is 11.2. The van der Waals surface area contributed by atoms with E-state index in [4.69, 9.17) is 10.5 Å². The number of carbonyl (C=O) groups is 1. The summed E-state index contributed by atoms with van der Waals surface area (Å²) >= 11 is 0. The molecule has 21 heavy (non-hydrogen) atoms. The third kappa shape index (κ3) is 5.58. The van der Waals surface area contributed by atoms with Gasteiger partial charge < -0.3 is 15.8 Å². The first-order valence-electron chi connectivity index (χ1n) is 6.42. The number of rotatable bonds is 7. The van der Waals surface area contributed by atoms with Gasteiger partial charge in [0.15, 0.2) is 0 Å². The molecule has 0 aliphatic heterocycles. The number of sulfone groups is 1. The maximum atomic E-state index is 13.7. The molecular formula is C13H19FN2O4S. The van der Waals surface area contributed by atoms with E-state index in [1.165, 1.54) is 6.07 Å². The van der Waals surface area contributed by atoms with Crippen molar-refractivity contribution in [2.75, 3.05) is 36.2 Å². The number of benzene rings is 1. The van der Waals surface area contributed by atoms with Crippen LogP contribution in [0.4, 0.5) is 15.8 Å². The molecule has 0 saturated heterocycles. The quantitative estimate of drug-likeness (QED) is 0.448. The molecule has 0 atom stereocenters. The summed E-state index contributed by atoms with van der Waals surface area (Å²) in [6.45, 7) is 2.10. The zero-order chi connectivity index (χ0) is 16.0. The maximum Gasteiger partial charge on any atom is 0.340 e. The fourth-order valence-corrected chi connectivity index (χ4v) is 2.34. The van der Waals surface area contributed by atoms with Crippen molar-refractivity contribution in [1.82, 2.24) is 0 Å². The Bertz CT molecular complexity index is 617. The van der Waals surface area contributed by atoms with Crippen LogP contribution in [0.2, 0.25) is 0 Å². The monoisotopic (exact) mass is 318 g/mol. The number of carbonyl (C=O) groups excluding carboxylic acids is 1. The fraction of sp³-hybridized carbons (Fsp3) is 0.462. The van der Waals surface area contributed by atoms with Crippen LogP contribution in [0.15, 0.2) is 12.1 Å². The Hall–Kier alpha value is -1.83. The number of ether oxygens (including phenoxy) is 1. The molecule has 0 spiro atoms. The molecule has 1 rings (SSSR count). The second-order valence-corrected chi connectivity index (χ2v) is 6.81. The minimum absolute atomic E-state index is 0.00131. The highest BCUT2D eigenvalue weighted by molar-refractivity contribution is 7.90. The predicted octanol–water partition coefficient (Wildman–Crippen LogP) is 1.43. The molecule has 3 N–H and O–H groups in total. The molecule has 0 fully saturated rings. The van der Waals surface area contributed by atoms with Crippen LogP contribution in [-0.4, -0.2) is 39.5 Å². The van der Waals surface area contributed by atoms with Gasteiger partial charge in [-0.1, -0.05) is 0 Å². The van der Waals surface area contributed by atoms with E-state index in [0.29, 0.717) is 6.42 Å². The molecule has 6 nitrogen and oxygen atoms in total. The zero-order valence-electron chi connectivity index (χ0n) is 12.0. The Morgan fingerprint density at radius 2 is 2.10 bits per heavy atom. The highest BCUT2D eigenvalue weighted by Crippen LogP contribution is 2.23. The first kappa shape index (κ1) is 17.2. The molecule has 0 radical (unpaired) electrons. The zero-order valence-corrected chi connectivity index (χ0v) is 12.8. The van der Waals surface area contributed by atoms with E-state index < -0.39 is 21.6 Å². The van der Waals surface area contributed by atoms with Gasteiger partial charge in [0.25, 0.3) is 0 Å². The van der Waals surface area contributed by atoms with Crippen molar-refractivity contribution in [3.8, 4) is 0 Å². The number of hydrogen-bond acceptors (Lipinski definition) is 6. The Balaban J connectivity index is 2.78. The molecule has 8 heteroatoms. The number of nitrogens with two attached hydrogens (primary N) is 1. The van der Waals surface area contributed by atoms with E-state index in [1.807, 2.05) is 0 Å². The first-order chi connectivity index (χ1) is 9.74. The Labute approximate surface area is 123 Å². The van der Waals surface area contributed by atoms with Gasteiger partial charge in [-0.2, -0.15) is 0 Å². The van der Waals surface area contributed by atoms with Crippen LogP contribution >= 0.6 is 0 Å². The SMILES string of the molecule is CCOC(=O)c1cc(NCCCS(C)(=O)=O)c(F)cc1N. The van der Waals surface area contributed by atoms with Crippen molar-refractivity contribution in [3.63, 3.8) is 0 Å². The maximum absolute atomic E-state index is 13.7. The average Bonchev–Trinajstić information content (AvgIpc) is 2.35. The van der Waals surface area contributed by atoms with Crippen LogP contribution in [-0.2, 0) is 14.6 Å². The number of hydrogen-bond donors (Lipinski definition) is 2. The van der Waals surface area contributed by atoms with Gasteiger partial charge in [0.1, 0.15) is 15.7 Å². The van der Waals surface area contributed by atoms with Crippen molar-refractivity contribution in [3.05, 3.63) is 23.5 Å². The summed E-state index contributed by atoms with van der Waals surface area (Å²) in [6.07, 6.45) is 1.47. The van der Waals surface area contributed by atoms with Gasteiger partial charge in [-0.05, 0) is 25.5 Å². The topological polar surface area (TPSA) is 98.5 Å². The second-order valence-electron chi connectivity index (χ2n) is 4.55. The van der Waals surface area contributed by atoms with Gasteiger partial charge in [-0.3, -0.25) is 0 Å². The molecule has 118 valence electrons. The van der Waals surface area contributed by atoms with Gasteiger partial charge >= 0.3 is 5.97 Å². The van der Waals surface area contributed by atoms with Crippen LogP contribution < -0.4 is 11.1 Å². The summed E-state index contributed by atoms with van der Waals surface area (Å²) in [5.41, 5.74) is 5.74. The summed E-state index contributed by atoms with van der Waals surface area (Å²) in [6, 6.07) is 2.30. The molecule has 0 unspecified atom stereocenters. The molecule has 0 heterocycles. The van der Waals surface area contributed by atoms with Gasteiger partial charge in [-0.15, -0.1) is 0 Å². The molecule has 0 aliphatic carbocycles. The lowest BCUT2D eigenvalue weighted by atomic mass is 10.1. The van der Waals surface area contributed by atoms with Crippen molar-refractivity contribution in [2.24, 2.45) is 0 Å². The third-order valence-corrected chi connectivity index (χ3v) is 3.67. The van der Waals surface area contributed by atoms with Gasteiger partial charge in [0.05, 0.1) is 23.6 Å². The molecule has 1 aromatic rings. The number of esters is 1. The van der Waals surface area contributed by atoms with Crippen LogP contribution in [0.5, 0.6) is 0 Å². The molecule has 0 bridgehead atoms. The van der Waals surface area contributed by atoms with E-state index in [0.717, 1.165) is 12.3 Å². The van der Waals surface area contributed by atoms with E-state index in [-0.39, 0.29) is 35.8 Å². The molecule has 0 saturated carbocycles. The number of anilines is 2. The van der Waals surface area contributed by atoms with Crippen molar-refractivity contribution < 1.29 is 22.3 Å². The Kier molecular flexibility index (Phi) is 5.95. The van der Waals surface area contributed by atoms with E-state index in [9.17, 15) is 17.6 Å². The number of nitrogens with one attached hydrogen (secondary N) is 1. The number of nitrogen functional groups attached to an aromatic ring is 1. The predicted molar refractivity (Wildman–Crippen MR) is 79.6 cm³/mol. The summed E-state index contributed by atoms with van der Waals surface area (Å²) in [5.74, 6) is -1.24.